The fourth-order valence-electron chi connectivity index (χ4n) is 8.14. The monoisotopic (exact) mass is 794 g/mol. The van der Waals surface area contributed by atoms with Crippen molar-refractivity contribution in [2.45, 2.75) is 64.8 Å². The summed E-state index contributed by atoms with van der Waals surface area (Å²) < 4.78 is 13.9. The zero-order valence-corrected chi connectivity index (χ0v) is 32.6. The van der Waals surface area contributed by atoms with Crippen LogP contribution >= 0.6 is 0 Å². The number of piperidine rings is 1. The van der Waals surface area contributed by atoms with Crippen LogP contribution in [-0.2, 0) is 19.2 Å². The van der Waals surface area contributed by atoms with Crippen LogP contribution in [0.4, 0.5) is 15.8 Å². The number of hydrogen-bond donors (Lipinski definition) is 5. The lowest BCUT2D eigenvalue weighted by atomic mass is 10.0. The number of hydrogen-bond acceptors (Lipinski definition) is 9. The van der Waals surface area contributed by atoms with Gasteiger partial charge in [0.25, 0.3) is 23.6 Å². The van der Waals surface area contributed by atoms with E-state index in [9.17, 15) is 38.0 Å². The molecule has 16 heteroatoms. The Morgan fingerprint density at radius 3 is 2.47 bits per heavy atom. The SMILES string of the molecule is Cc1[nH]c(/C=C2\C(=O)Nc3ccc(F)cc32)c(C)c1C(=O)NCCCN1CCN(C(=O)CCCCCNc2cccc3c2C(=O)N(C2CCC(=O)NC2=O)C3=O)CC1. The van der Waals surface area contributed by atoms with Crippen LogP contribution in [0.25, 0.3) is 11.6 Å². The number of nitrogens with one attached hydrogen (secondary N) is 5. The summed E-state index contributed by atoms with van der Waals surface area (Å²) in [6.45, 7) is 8.20. The zero-order valence-electron chi connectivity index (χ0n) is 32.6. The van der Waals surface area contributed by atoms with E-state index in [0.717, 1.165) is 50.2 Å². The number of rotatable bonds is 14. The number of carbonyl (C=O) groups excluding carboxylic acids is 7. The van der Waals surface area contributed by atoms with Crippen LogP contribution in [0.3, 0.4) is 0 Å². The molecule has 58 heavy (non-hydrogen) atoms. The average molecular weight is 795 g/mol. The molecule has 5 heterocycles. The molecule has 0 radical (unpaired) electrons. The molecule has 7 amide bonds. The van der Waals surface area contributed by atoms with E-state index in [1.165, 1.54) is 18.2 Å². The van der Waals surface area contributed by atoms with Gasteiger partial charge in [-0.15, -0.1) is 0 Å². The maximum absolute atomic E-state index is 13.9. The fourth-order valence-corrected chi connectivity index (χ4v) is 8.14. The first-order valence-corrected chi connectivity index (χ1v) is 19.8. The molecular formula is C42H47FN8O7. The third-order valence-electron chi connectivity index (χ3n) is 11.3. The summed E-state index contributed by atoms with van der Waals surface area (Å²) in [5.74, 6) is -3.03. The van der Waals surface area contributed by atoms with Gasteiger partial charge in [0.2, 0.25) is 17.7 Å². The van der Waals surface area contributed by atoms with E-state index in [1.807, 2.05) is 11.8 Å². The molecule has 1 unspecified atom stereocenters. The number of unbranched alkanes of at least 4 members (excludes halogenated alkanes) is 2. The fraction of sp³-hybridized carbons (Fsp3) is 0.405. The number of halogens is 1. The van der Waals surface area contributed by atoms with Crippen molar-refractivity contribution >= 4 is 64.4 Å². The molecule has 3 aromatic rings. The number of nitrogens with zero attached hydrogens (tertiary/aromatic N) is 3. The predicted molar refractivity (Wildman–Crippen MR) is 213 cm³/mol. The van der Waals surface area contributed by atoms with Crippen molar-refractivity contribution in [3.8, 4) is 0 Å². The number of aromatic amines is 1. The summed E-state index contributed by atoms with van der Waals surface area (Å²) in [5.41, 5.74) is 4.82. The number of aryl methyl sites for hydroxylation is 1. The topological polar surface area (TPSA) is 193 Å². The predicted octanol–water partition coefficient (Wildman–Crippen LogP) is 3.60. The molecule has 2 saturated heterocycles. The third kappa shape index (κ3) is 8.28. The largest absolute Gasteiger partial charge is 0.384 e. The normalized spacial score (nSPS) is 18.7. The first-order chi connectivity index (χ1) is 27.9. The van der Waals surface area contributed by atoms with Gasteiger partial charge in [-0.05, 0) is 88.0 Å². The van der Waals surface area contributed by atoms with Gasteiger partial charge in [-0.3, -0.25) is 48.7 Å². The number of anilines is 2. The van der Waals surface area contributed by atoms with Crippen molar-refractivity contribution in [1.82, 2.24) is 30.3 Å². The number of amides is 7. The van der Waals surface area contributed by atoms with Crippen LogP contribution in [0.5, 0.6) is 0 Å². The summed E-state index contributed by atoms with van der Waals surface area (Å²) in [6.07, 6.45) is 5.25. The summed E-state index contributed by atoms with van der Waals surface area (Å²) >= 11 is 0. The molecule has 4 aliphatic rings. The molecule has 2 fully saturated rings. The van der Waals surface area contributed by atoms with Crippen molar-refractivity contribution in [1.29, 1.82) is 0 Å². The number of H-pyrrole nitrogens is 1. The summed E-state index contributed by atoms with van der Waals surface area (Å²) in [6, 6.07) is 8.09. The van der Waals surface area contributed by atoms with Crippen molar-refractivity contribution in [3.05, 3.63) is 81.4 Å². The van der Waals surface area contributed by atoms with Gasteiger partial charge < -0.3 is 25.8 Å². The van der Waals surface area contributed by atoms with E-state index < -0.39 is 35.5 Å². The smallest absolute Gasteiger partial charge is 0.264 e. The zero-order chi connectivity index (χ0) is 41.1. The Morgan fingerprint density at radius 1 is 0.897 bits per heavy atom. The Bertz CT molecular complexity index is 2220. The number of fused-ring (bicyclic) bond motifs is 2. The van der Waals surface area contributed by atoms with Gasteiger partial charge in [0.1, 0.15) is 11.9 Å². The Morgan fingerprint density at radius 2 is 1.69 bits per heavy atom. The molecule has 1 atom stereocenters. The minimum absolute atomic E-state index is 0.0582. The van der Waals surface area contributed by atoms with Crippen molar-refractivity contribution in [3.63, 3.8) is 0 Å². The highest BCUT2D eigenvalue weighted by Crippen LogP contribution is 2.35. The second-order valence-electron chi connectivity index (χ2n) is 15.1. The third-order valence-corrected chi connectivity index (χ3v) is 11.3. The molecule has 0 bridgehead atoms. The van der Waals surface area contributed by atoms with Crippen molar-refractivity contribution in [2.24, 2.45) is 0 Å². The molecule has 4 aliphatic heterocycles. The van der Waals surface area contributed by atoms with Crippen LogP contribution in [0.1, 0.15) is 98.5 Å². The average Bonchev–Trinajstić information content (AvgIpc) is 3.76. The second-order valence-corrected chi connectivity index (χ2v) is 15.1. The molecule has 0 saturated carbocycles. The Kier molecular flexibility index (Phi) is 11.8. The maximum atomic E-state index is 13.9. The van der Waals surface area contributed by atoms with Gasteiger partial charge in [0.05, 0.1) is 22.3 Å². The van der Waals surface area contributed by atoms with Crippen LogP contribution < -0.4 is 21.3 Å². The molecule has 1 aromatic heterocycles. The lowest BCUT2D eigenvalue weighted by Gasteiger charge is -2.34. The molecule has 15 nitrogen and oxygen atoms in total. The summed E-state index contributed by atoms with van der Waals surface area (Å²) in [4.78, 5) is 97.4. The van der Waals surface area contributed by atoms with Gasteiger partial charge in [-0.1, -0.05) is 12.5 Å². The Hall–Kier alpha value is -6.16. The lowest BCUT2D eigenvalue weighted by Crippen LogP contribution is -2.54. The molecule has 304 valence electrons. The number of imide groups is 2. The highest BCUT2D eigenvalue weighted by atomic mass is 19.1. The van der Waals surface area contributed by atoms with E-state index in [4.69, 9.17) is 0 Å². The standard InChI is InChI=1S/C42H47FN8O7/c1-24-32(23-29-28-22-26(43)11-12-30(28)47-38(29)54)46-25(2)36(24)40(56)45-16-7-17-49-18-20-50(21-19-49)35(53)10-4-3-5-15-44-31-9-6-8-27-37(31)42(58)51(41(27)57)33-13-14-34(52)48-39(33)55/h6,8-9,11-12,22-23,33,44,46H,3-5,7,10,13-21H2,1-2H3,(H,45,56)(H,47,54)(H,48,52,55)/b29-23-. The van der Waals surface area contributed by atoms with Gasteiger partial charge in [-0.25, -0.2) is 4.39 Å². The van der Waals surface area contributed by atoms with Crippen molar-refractivity contribution in [2.75, 3.05) is 56.4 Å². The van der Waals surface area contributed by atoms with E-state index in [-0.39, 0.29) is 41.7 Å². The molecule has 0 spiro atoms. The van der Waals surface area contributed by atoms with Crippen LogP contribution in [0.15, 0.2) is 36.4 Å². The minimum atomic E-state index is -1.02. The van der Waals surface area contributed by atoms with Gasteiger partial charge in [-0.2, -0.15) is 0 Å². The van der Waals surface area contributed by atoms with E-state index in [1.54, 1.807) is 31.2 Å². The van der Waals surface area contributed by atoms with E-state index in [0.29, 0.717) is 77.6 Å². The molecule has 2 aromatic carbocycles. The van der Waals surface area contributed by atoms with Gasteiger partial charge >= 0.3 is 0 Å². The van der Waals surface area contributed by atoms with Gasteiger partial charge in [0, 0.05) is 80.4 Å². The molecule has 5 N–H and O–H groups in total. The highest BCUT2D eigenvalue weighted by molar-refractivity contribution is 6.35. The van der Waals surface area contributed by atoms with Crippen molar-refractivity contribution < 1.29 is 38.0 Å². The molecule has 7 rings (SSSR count). The Balaban J connectivity index is 0.785. The number of benzene rings is 2. The van der Waals surface area contributed by atoms with Gasteiger partial charge in [0.15, 0.2) is 0 Å². The van der Waals surface area contributed by atoms with Crippen LogP contribution in [0.2, 0.25) is 0 Å². The number of carbonyl (C=O) groups is 7. The first kappa shape index (κ1) is 40.1. The second kappa shape index (κ2) is 17.1. The quantitative estimate of drug-likeness (QED) is 0.0922. The molecular weight excluding hydrogens is 748 g/mol. The van der Waals surface area contributed by atoms with Crippen LogP contribution in [0, 0.1) is 19.7 Å². The Labute approximate surface area is 334 Å². The number of piperazine rings is 1. The van der Waals surface area contributed by atoms with Crippen LogP contribution in [-0.4, -0.2) is 113 Å². The summed E-state index contributed by atoms with van der Waals surface area (Å²) in [7, 11) is 0. The van der Waals surface area contributed by atoms with E-state index >= 15 is 0 Å². The first-order valence-electron chi connectivity index (χ1n) is 19.8. The van der Waals surface area contributed by atoms with E-state index in [2.05, 4.69) is 31.2 Å². The maximum Gasteiger partial charge on any atom is 0.264 e. The molecule has 0 aliphatic carbocycles. The number of aromatic nitrogens is 1. The summed E-state index contributed by atoms with van der Waals surface area (Å²) in [5, 5.41) is 11.2. The minimum Gasteiger partial charge on any atom is -0.384 e. The lowest BCUT2D eigenvalue weighted by molar-refractivity contribution is -0.136. The highest BCUT2D eigenvalue weighted by Gasteiger charge is 2.45.